The molecule has 1 aromatic rings. The van der Waals surface area contributed by atoms with Gasteiger partial charge in [-0.3, -0.25) is 14.0 Å². The maximum atomic E-state index is 11.5. The molecule has 174 valence electrons. The van der Waals surface area contributed by atoms with E-state index < -0.39 is 51.9 Å². The van der Waals surface area contributed by atoms with Crippen LogP contribution in [-0.4, -0.2) is 83.5 Å². The van der Waals surface area contributed by atoms with E-state index in [-0.39, 0.29) is 19.4 Å². The number of benzene rings is 1. The molecule has 7 N–H and O–H groups in total. The van der Waals surface area contributed by atoms with Gasteiger partial charge < -0.3 is 34.9 Å². The Morgan fingerprint density at radius 3 is 1.43 bits per heavy atom. The smallest absolute Gasteiger partial charge is 0.328 e. The van der Waals surface area contributed by atoms with Gasteiger partial charge in [-0.15, -0.1) is 0 Å². The van der Waals surface area contributed by atoms with E-state index >= 15 is 0 Å². The van der Waals surface area contributed by atoms with E-state index in [9.17, 15) is 44.0 Å². The summed E-state index contributed by atoms with van der Waals surface area (Å²) >= 11 is 0. The molecule has 0 aliphatic heterocycles. The van der Waals surface area contributed by atoms with Gasteiger partial charge in [0.05, 0.1) is 36.7 Å². The lowest BCUT2D eigenvalue weighted by Gasteiger charge is -2.37. The highest BCUT2D eigenvalue weighted by Crippen LogP contribution is 2.44. The Morgan fingerprint density at radius 1 is 0.800 bits per heavy atom. The minimum atomic E-state index is -4.31. The molecule has 30 heavy (non-hydrogen) atoms. The number of rotatable bonds is 12. The molecule has 0 fully saturated rings. The van der Waals surface area contributed by atoms with Crippen LogP contribution in [0.3, 0.4) is 0 Å². The van der Waals surface area contributed by atoms with E-state index in [0.29, 0.717) is 16.7 Å². The molecule has 0 amide bonds. The van der Waals surface area contributed by atoms with Gasteiger partial charge in [0.1, 0.15) is 0 Å². The summed E-state index contributed by atoms with van der Waals surface area (Å²) in [5, 5.41) is 28.8. The van der Waals surface area contributed by atoms with Crippen LogP contribution in [0.1, 0.15) is 30.5 Å². The molecule has 2 atom stereocenters. The van der Waals surface area contributed by atoms with E-state index in [4.69, 9.17) is 0 Å². The molecule has 0 heterocycles. The van der Waals surface area contributed by atoms with Gasteiger partial charge >= 0.3 is 15.2 Å². The van der Waals surface area contributed by atoms with Crippen molar-refractivity contribution in [1.82, 2.24) is 4.90 Å². The maximum Gasteiger partial charge on any atom is 0.328 e. The monoisotopic (exact) mass is 469 g/mol. The third-order valence-electron chi connectivity index (χ3n) is 5.44. The lowest BCUT2D eigenvalue weighted by Crippen LogP contribution is -2.55. The average Bonchev–Trinajstić information content (AvgIpc) is 2.61. The second-order valence-electron chi connectivity index (χ2n) is 8.00. The fraction of sp³-hybridized carbons (Fsp3) is 0.667. The third-order valence-corrected chi connectivity index (χ3v) is 8.10. The quantitative estimate of drug-likeness (QED) is 0.207. The van der Waals surface area contributed by atoms with Crippen LogP contribution in [-0.2, 0) is 28.5 Å². The van der Waals surface area contributed by atoms with Crippen LogP contribution >= 0.6 is 15.2 Å². The Morgan fingerprint density at radius 2 is 1.13 bits per heavy atom. The minimum Gasteiger partial charge on any atom is -0.394 e. The number of nitrogens with zero attached hydrogens (tertiary/aromatic N) is 1. The Labute approximate surface area is 176 Å². The Balaban J connectivity index is 3.29. The predicted octanol–water partition coefficient (Wildman–Crippen LogP) is 0.0515. The lowest BCUT2D eigenvalue weighted by molar-refractivity contribution is -0.0387. The summed E-state index contributed by atoms with van der Waals surface area (Å²) in [5.41, 5.74) is -1.32. The first kappa shape index (κ1) is 27.4. The van der Waals surface area contributed by atoms with Gasteiger partial charge in [0.25, 0.3) is 0 Å². The molecule has 0 bridgehead atoms. The van der Waals surface area contributed by atoms with E-state index in [1.54, 1.807) is 30.1 Å². The molecule has 1 rings (SSSR count). The van der Waals surface area contributed by atoms with Crippen LogP contribution in [0.2, 0.25) is 0 Å². The van der Waals surface area contributed by atoms with Crippen LogP contribution in [0.5, 0.6) is 0 Å². The first-order valence-corrected chi connectivity index (χ1v) is 12.8. The van der Waals surface area contributed by atoms with Gasteiger partial charge in [-0.1, -0.05) is 32.0 Å². The molecule has 1 aromatic carbocycles. The first-order chi connectivity index (χ1) is 13.7. The summed E-state index contributed by atoms with van der Waals surface area (Å²) in [6.07, 6.45) is 0.120. The molecule has 2 unspecified atom stereocenters. The van der Waals surface area contributed by atoms with Crippen molar-refractivity contribution < 1.29 is 44.0 Å². The molecule has 0 aromatic heterocycles. The summed E-state index contributed by atoms with van der Waals surface area (Å²) in [5.74, 6) is 0. The highest BCUT2D eigenvalue weighted by atomic mass is 31.2. The molecule has 0 saturated heterocycles. The van der Waals surface area contributed by atoms with Crippen molar-refractivity contribution in [2.45, 2.75) is 50.1 Å². The summed E-state index contributed by atoms with van der Waals surface area (Å²) < 4.78 is 23.1. The van der Waals surface area contributed by atoms with Gasteiger partial charge in [0.15, 0.2) is 0 Å². The molecule has 0 aliphatic carbocycles. The summed E-state index contributed by atoms with van der Waals surface area (Å²) in [4.78, 5) is 39.2. The van der Waals surface area contributed by atoms with Crippen molar-refractivity contribution in [1.29, 1.82) is 0 Å². The van der Waals surface area contributed by atoms with Crippen LogP contribution in [0.25, 0.3) is 0 Å². The van der Waals surface area contributed by atoms with Crippen molar-refractivity contribution in [3.05, 3.63) is 34.9 Å². The van der Waals surface area contributed by atoms with Gasteiger partial charge in [-0.25, -0.2) is 0 Å². The van der Waals surface area contributed by atoms with Crippen molar-refractivity contribution in [3.8, 4) is 0 Å². The van der Waals surface area contributed by atoms with Crippen molar-refractivity contribution >= 4 is 15.2 Å². The van der Waals surface area contributed by atoms with Crippen molar-refractivity contribution in [2.75, 3.05) is 26.9 Å². The molecular formula is C18H33NO9P2. The van der Waals surface area contributed by atoms with E-state index in [1.165, 1.54) is 13.8 Å². The topological polar surface area (TPSA) is 179 Å². The summed E-state index contributed by atoms with van der Waals surface area (Å²) in [6, 6.07) is 5.09. The SMILES string of the molecule is CC(Cc1cc(CC(C)P(=O)(O)O)cc(CN(C)C(CO)(CO)CO)c1)P(=O)(O)O. The predicted molar refractivity (Wildman–Crippen MR) is 112 cm³/mol. The highest BCUT2D eigenvalue weighted by molar-refractivity contribution is 7.52. The third kappa shape index (κ3) is 7.50. The van der Waals surface area contributed by atoms with E-state index in [0.717, 1.165) is 0 Å². The van der Waals surface area contributed by atoms with Crippen LogP contribution in [0.4, 0.5) is 0 Å². The molecule has 10 nitrogen and oxygen atoms in total. The van der Waals surface area contributed by atoms with Gasteiger partial charge in [0.2, 0.25) is 0 Å². The fourth-order valence-corrected chi connectivity index (χ4v) is 3.94. The summed E-state index contributed by atoms with van der Waals surface area (Å²) in [6.45, 7) is 1.54. The van der Waals surface area contributed by atoms with Crippen LogP contribution in [0, 0.1) is 0 Å². The zero-order valence-corrected chi connectivity index (χ0v) is 19.2. The van der Waals surface area contributed by atoms with Crippen molar-refractivity contribution in [3.63, 3.8) is 0 Å². The largest absolute Gasteiger partial charge is 0.394 e. The number of hydrogen-bond donors (Lipinski definition) is 7. The molecular weight excluding hydrogens is 436 g/mol. The highest BCUT2D eigenvalue weighted by Gasteiger charge is 2.33. The van der Waals surface area contributed by atoms with Gasteiger partial charge in [-0.2, -0.15) is 0 Å². The van der Waals surface area contributed by atoms with Crippen LogP contribution < -0.4 is 0 Å². The zero-order valence-electron chi connectivity index (χ0n) is 17.4. The minimum absolute atomic E-state index is 0.0598. The standard InChI is InChI=1S/C18H33NO9P2/c1-13(29(23,24)25)4-15-6-16(5-14(2)30(26,27)28)8-17(7-15)9-19(3)18(10-20,11-21)12-22/h6-8,13-14,20-22H,4-5,9-12H2,1-3H3,(H2,23,24,25)(H2,26,27,28). The van der Waals surface area contributed by atoms with Crippen molar-refractivity contribution in [2.24, 2.45) is 0 Å². The zero-order chi connectivity index (χ0) is 23.3. The molecule has 0 radical (unpaired) electrons. The Bertz CT molecular complexity index is 731. The number of likely N-dealkylation sites (N-methyl/N-ethyl adjacent to an activating group) is 1. The number of aliphatic hydroxyl groups excluding tert-OH is 3. The fourth-order valence-electron chi connectivity index (χ4n) is 3.04. The Hall–Kier alpha value is -0.640. The first-order valence-electron chi connectivity index (χ1n) is 9.44. The van der Waals surface area contributed by atoms with E-state index in [1.807, 2.05) is 0 Å². The number of aliphatic hydroxyl groups is 3. The average molecular weight is 469 g/mol. The van der Waals surface area contributed by atoms with Gasteiger partial charge in [0, 0.05) is 6.54 Å². The second-order valence-corrected chi connectivity index (χ2v) is 12.1. The Kier molecular flexibility index (Phi) is 9.85. The second kappa shape index (κ2) is 10.8. The molecule has 0 spiro atoms. The normalized spacial score (nSPS) is 15.4. The lowest BCUT2D eigenvalue weighted by atomic mass is 9.97. The molecule has 0 aliphatic rings. The maximum absolute atomic E-state index is 11.5. The summed E-state index contributed by atoms with van der Waals surface area (Å²) in [7, 11) is -7.02. The van der Waals surface area contributed by atoms with E-state index in [2.05, 4.69) is 0 Å². The molecule has 0 saturated carbocycles. The molecule has 12 heteroatoms. The number of hydrogen-bond acceptors (Lipinski definition) is 6. The van der Waals surface area contributed by atoms with Gasteiger partial charge in [-0.05, 0) is 36.6 Å². The van der Waals surface area contributed by atoms with Crippen LogP contribution in [0.15, 0.2) is 18.2 Å².